The van der Waals surface area contributed by atoms with Crippen molar-refractivity contribution in [2.45, 2.75) is 25.7 Å². The van der Waals surface area contributed by atoms with Gasteiger partial charge in [-0.3, -0.25) is 4.79 Å². The number of hydrogen-bond donors (Lipinski definition) is 1. The Balaban J connectivity index is 1.67. The van der Waals surface area contributed by atoms with Gasteiger partial charge in [0.25, 0.3) is 5.91 Å². The molecular weight excluding hydrogens is 334 g/mol. The van der Waals surface area contributed by atoms with Gasteiger partial charge in [0.1, 0.15) is 11.5 Å². The molecule has 0 bridgehead atoms. The second kappa shape index (κ2) is 9.99. The summed E-state index contributed by atoms with van der Waals surface area (Å²) in [6, 6.07) is 15.7. The zero-order valence-electron chi connectivity index (χ0n) is 15.0. The Bertz CT molecular complexity index is 690. The largest absolute Gasteiger partial charge is 0.497 e. The summed E-state index contributed by atoms with van der Waals surface area (Å²) >= 11 is 1.81. The van der Waals surface area contributed by atoms with Crippen molar-refractivity contribution in [1.82, 2.24) is 5.32 Å². The van der Waals surface area contributed by atoms with Crippen LogP contribution < -0.4 is 14.8 Å². The molecule has 0 saturated carbocycles. The minimum Gasteiger partial charge on any atom is -0.497 e. The number of carbonyl (C=O) groups excluding carboxylic acids is 1. The number of methoxy groups -OCH3 is 1. The van der Waals surface area contributed by atoms with Gasteiger partial charge in [0.15, 0.2) is 6.10 Å². The van der Waals surface area contributed by atoms with E-state index >= 15 is 0 Å². The first-order valence-corrected chi connectivity index (χ1v) is 9.45. The van der Waals surface area contributed by atoms with E-state index in [1.165, 1.54) is 11.1 Å². The Kier molecular flexibility index (Phi) is 7.67. The maximum Gasteiger partial charge on any atom is 0.260 e. The molecular formula is C20H25NO3S. The van der Waals surface area contributed by atoms with E-state index in [9.17, 15) is 4.79 Å². The predicted molar refractivity (Wildman–Crippen MR) is 103 cm³/mol. The average molecular weight is 359 g/mol. The number of nitrogens with one attached hydrogen (secondary N) is 1. The Labute approximate surface area is 153 Å². The van der Waals surface area contributed by atoms with E-state index in [0.29, 0.717) is 18.0 Å². The molecule has 0 fully saturated rings. The fraction of sp³-hybridized carbons (Fsp3) is 0.350. The first-order chi connectivity index (χ1) is 12.1. The van der Waals surface area contributed by atoms with Gasteiger partial charge in [-0.05, 0) is 31.5 Å². The van der Waals surface area contributed by atoms with Crippen molar-refractivity contribution in [2.24, 2.45) is 0 Å². The van der Waals surface area contributed by atoms with Gasteiger partial charge in [0.05, 0.1) is 7.11 Å². The number of aryl methyl sites for hydroxylation is 1. The smallest absolute Gasteiger partial charge is 0.260 e. The van der Waals surface area contributed by atoms with Gasteiger partial charge in [0, 0.05) is 24.1 Å². The highest BCUT2D eigenvalue weighted by molar-refractivity contribution is 7.98. The summed E-state index contributed by atoms with van der Waals surface area (Å²) in [4.78, 5) is 12.1. The fourth-order valence-corrected chi connectivity index (χ4v) is 3.12. The lowest BCUT2D eigenvalue weighted by molar-refractivity contribution is -0.127. The van der Waals surface area contributed by atoms with Crippen molar-refractivity contribution >= 4 is 17.7 Å². The highest BCUT2D eigenvalue weighted by atomic mass is 32.2. The van der Waals surface area contributed by atoms with E-state index in [2.05, 4.69) is 36.5 Å². The van der Waals surface area contributed by atoms with Gasteiger partial charge in [-0.2, -0.15) is 11.8 Å². The standard InChI is InChI=1S/C20H25NO3S/c1-15-6-4-7-17(12-15)14-25-11-10-21-20(22)16(2)24-19-9-5-8-18(13-19)23-3/h4-9,12-13,16H,10-11,14H2,1-3H3,(H,21,22)/t16-/m0/s1. The van der Waals surface area contributed by atoms with Crippen LogP contribution in [0, 0.1) is 6.92 Å². The monoisotopic (exact) mass is 359 g/mol. The van der Waals surface area contributed by atoms with Crippen molar-refractivity contribution in [2.75, 3.05) is 19.4 Å². The number of amides is 1. The molecule has 2 rings (SSSR count). The van der Waals surface area contributed by atoms with E-state index in [4.69, 9.17) is 9.47 Å². The third-order valence-corrected chi connectivity index (χ3v) is 4.65. The molecule has 1 atom stereocenters. The molecule has 0 saturated heterocycles. The molecule has 0 aliphatic heterocycles. The van der Waals surface area contributed by atoms with Crippen LogP contribution in [0.4, 0.5) is 0 Å². The molecule has 1 N–H and O–H groups in total. The van der Waals surface area contributed by atoms with E-state index in [-0.39, 0.29) is 5.91 Å². The van der Waals surface area contributed by atoms with E-state index in [1.54, 1.807) is 31.9 Å². The van der Waals surface area contributed by atoms with Crippen LogP contribution in [0.3, 0.4) is 0 Å². The first kappa shape index (κ1) is 19.2. The molecule has 4 nitrogen and oxygen atoms in total. The molecule has 0 heterocycles. The quantitative estimate of drug-likeness (QED) is 0.692. The molecule has 0 aliphatic rings. The maximum absolute atomic E-state index is 12.1. The summed E-state index contributed by atoms with van der Waals surface area (Å²) in [7, 11) is 1.60. The lowest BCUT2D eigenvalue weighted by Crippen LogP contribution is -2.37. The lowest BCUT2D eigenvalue weighted by Gasteiger charge is -2.15. The molecule has 0 aliphatic carbocycles. The number of carbonyl (C=O) groups is 1. The van der Waals surface area contributed by atoms with Gasteiger partial charge in [-0.1, -0.05) is 35.9 Å². The van der Waals surface area contributed by atoms with Crippen LogP contribution in [-0.2, 0) is 10.5 Å². The number of ether oxygens (including phenoxy) is 2. The molecule has 5 heteroatoms. The molecule has 25 heavy (non-hydrogen) atoms. The van der Waals surface area contributed by atoms with Crippen LogP contribution in [0.5, 0.6) is 11.5 Å². The summed E-state index contributed by atoms with van der Waals surface area (Å²) in [5.41, 5.74) is 2.58. The molecule has 134 valence electrons. The molecule has 0 unspecified atom stereocenters. The second-order valence-corrected chi connectivity index (χ2v) is 6.88. The fourth-order valence-electron chi connectivity index (χ4n) is 2.31. The topological polar surface area (TPSA) is 47.6 Å². The van der Waals surface area contributed by atoms with Crippen molar-refractivity contribution in [3.05, 3.63) is 59.7 Å². The summed E-state index contributed by atoms with van der Waals surface area (Å²) < 4.78 is 10.8. The second-order valence-electron chi connectivity index (χ2n) is 5.77. The number of thioether (sulfide) groups is 1. The van der Waals surface area contributed by atoms with Crippen molar-refractivity contribution in [3.63, 3.8) is 0 Å². The van der Waals surface area contributed by atoms with Crippen LogP contribution in [0.15, 0.2) is 48.5 Å². The molecule has 0 radical (unpaired) electrons. The molecule has 2 aromatic carbocycles. The number of hydrogen-bond acceptors (Lipinski definition) is 4. The predicted octanol–water partition coefficient (Wildman–Crippen LogP) is 3.82. The van der Waals surface area contributed by atoms with Crippen LogP contribution in [-0.4, -0.2) is 31.4 Å². The lowest BCUT2D eigenvalue weighted by atomic mass is 10.2. The van der Waals surface area contributed by atoms with E-state index in [0.717, 1.165) is 11.5 Å². The van der Waals surface area contributed by atoms with Crippen molar-refractivity contribution in [1.29, 1.82) is 0 Å². The molecule has 0 aromatic heterocycles. The van der Waals surface area contributed by atoms with Crippen LogP contribution in [0.25, 0.3) is 0 Å². The third-order valence-electron chi connectivity index (χ3n) is 3.62. The molecule has 1 amide bonds. The normalized spacial score (nSPS) is 11.6. The summed E-state index contributed by atoms with van der Waals surface area (Å²) in [6.45, 7) is 4.47. The highest BCUT2D eigenvalue weighted by Crippen LogP contribution is 2.20. The Morgan fingerprint density at radius 3 is 2.68 bits per heavy atom. The summed E-state index contributed by atoms with van der Waals surface area (Å²) in [5.74, 6) is 3.03. The summed E-state index contributed by atoms with van der Waals surface area (Å²) in [6.07, 6.45) is -0.547. The zero-order valence-corrected chi connectivity index (χ0v) is 15.8. The first-order valence-electron chi connectivity index (χ1n) is 8.30. The summed E-state index contributed by atoms with van der Waals surface area (Å²) in [5, 5.41) is 2.91. The van der Waals surface area contributed by atoms with Crippen LogP contribution >= 0.6 is 11.8 Å². The SMILES string of the molecule is COc1cccc(O[C@@H](C)C(=O)NCCSCc2cccc(C)c2)c1. The number of benzene rings is 2. The molecule has 0 spiro atoms. The highest BCUT2D eigenvalue weighted by Gasteiger charge is 2.14. The van der Waals surface area contributed by atoms with Gasteiger partial charge >= 0.3 is 0 Å². The van der Waals surface area contributed by atoms with Crippen molar-refractivity contribution in [3.8, 4) is 11.5 Å². The average Bonchev–Trinajstić information content (AvgIpc) is 2.61. The Hall–Kier alpha value is -2.14. The van der Waals surface area contributed by atoms with Gasteiger partial charge in [-0.25, -0.2) is 0 Å². The van der Waals surface area contributed by atoms with E-state index < -0.39 is 6.10 Å². The zero-order chi connectivity index (χ0) is 18.1. The van der Waals surface area contributed by atoms with Gasteiger partial charge in [-0.15, -0.1) is 0 Å². The third kappa shape index (κ3) is 6.70. The van der Waals surface area contributed by atoms with Crippen LogP contribution in [0.1, 0.15) is 18.1 Å². The minimum atomic E-state index is -0.547. The van der Waals surface area contributed by atoms with Crippen molar-refractivity contribution < 1.29 is 14.3 Å². The minimum absolute atomic E-state index is 0.112. The van der Waals surface area contributed by atoms with Gasteiger partial charge < -0.3 is 14.8 Å². The Morgan fingerprint density at radius 2 is 1.92 bits per heavy atom. The van der Waals surface area contributed by atoms with E-state index in [1.807, 2.05) is 18.2 Å². The maximum atomic E-state index is 12.1. The van der Waals surface area contributed by atoms with Gasteiger partial charge in [0.2, 0.25) is 0 Å². The van der Waals surface area contributed by atoms with Crippen LogP contribution in [0.2, 0.25) is 0 Å². The Morgan fingerprint density at radius 1 is 1.16 bits per heavy atom. The number of rotatable bonds is 9. The molecule has 2 aromatic rings.